The fraction of sp³-hybridized carbons (Fsp3) is 0.545. The molecule has 4 rings (SSSR count). The summed E-state index contributed by atoms with van der Waals surface area (Å²) in [5, 5.41) is 0. The second-order valence-corrected chi connectivity index (χ2v) is 8.27. The van der Waals surface area contributed by atoms with E-state index >= 15 is 0 Å². The van der Waals surface area contributed by atoms with Crippen LogP contribution in [0.25, 0.3) is 11.4 Å². The molecule has 0 N–H and O–H groups in total. The minimum atomic E-state index is -4.77. The van der Waals surface area contributed by atoms with Gasteiger partial charge in [-0.1, -0.05) is 12.1 Å². The van der Waals surface area contributed by atoms with Gasteiger partial charge in [0, 0.05) is 31.7 Å². The maximum atomic E-state index is 13.2. The van der Waals surface area contributed by atoms with Gasteiger partial charge in [0.2, 0.25) is 0 Å². The van der Waals surface area contributed by atoms with Crippen molar-refractivity contribution < 1.29 is 22.7 Å². The van der Waals surface area contributed by atoms with E-state index in [0.717, 1.165) is 25.9 Å². The standard InChI is InChI=1S/C22H27F3N4O2/c1-15-19(21(30)29-12-8-17(9-13-29)28-10-3-4-11-28)27(2)20(26-15)16-6-5-7-18(14-16)31-22(23,24)25/h5-7,14,17H,3-4,8-13H2,1-2H3. The first-order valence-electron chi connectivity index (χ1n) is 10.7. The zero-order valence-corrected chi connectivity index (χ0v) is 17.8. The molecule has 1 aromatic carbocycles. The third-order valence-electron chi connectivity index (χ3n) is 6.21. The van der Waals surface area contributed by atoms with Crippen molar-refractivity contribution >= 4 is 5.91 Å². The minimum Gasteiger partial charge on any atom is -0.406 e. The summed E-state index contributed by atoms with van der Waals surface area (Å²) < 4.78 is 43.4. The first-order valence-corrected chi connectivity index (χ1v) is 10.7. The quantitative estimate of drug-likeness (QED) is 0.727. The van der Waals surface area contributed by atoms with E-state index in [-0.39, 0.29) is 11.7 Å². The highest BCUT2D eigenvalue weighted by Gasteiger charge is 2.32. The second kappa shape index (κ2) is 8.53. The summed E-state index contributed by atoms with van der Waals surface area (Å²) in [6, 6.07) is 6.20. The molecule has 2 fully saturated rings. The molecule has 0 radical (unpaired) electrons. The van der Waals surface area contributed by atoms with Crippen LogP contribution in [-0.4, -0.2) is 63.8 Å². The molecule has 6 nitrogen and oxygen atoms in total. The molecule has 2 aliphatic heterocycles. The first-order chi connectivity index (χ1) is 14.7. The number of carbonyl (C=O) groups is 1. The molecule has 1 amide bonds. The molecule has 2 saturated heterocycles. The maximum absolute atomic E-state index is 13.2. The van der Waals surface area contributed by atoms with Gasteiger partial charge in [-0.15, -0.1) is 13.2 Å². The number of aromatic nitrogens is 2. The molecular formula is C22H27F3N4O2. The molecule has 9 heteroatoms. The highest BCUT2D eigenvalue weighted by atomic mass is 19.4. The number of likely N-dealkylation sites (tertiary alicyclic amines) is 2. The van der Waals surface area contributed by atoms with Crippen LogP contribution in [0.4, 0.5) is 13.2 Å². The molecule has 31 heavy (non-hydrogen) atoms. The van der Waals surface area contributed by atoms with E-state index in [1.807, 2.05) is 4.90 Å². The molecule has 0 bridgehead atoms. The van der Waals surface area contributed by atoms with Crippen molar-refractivity contribution in [2.45, 2.75) is 45.0 Å². The Hall–Kier alpha value is -2.55. The summed E-state index contributed by atoms with van der Waals surface area (Å²) >= 11 is 0. The van der Waals surface area contributed by atoms with E-state index in [9.17, 15) is 18.0 Å². The third kappa shape index (κ3) is 4.71. The van der Waals surface area contributed by atoms with Crippen molar-refractivity contribution in [3.05, 3.63) is 35.7 Å². The van der Waals surface area contributed by atoms with Crippen LogP contribution in [0, 0.1) is 6.92 Å². The molecule has 168 valence electrons. The van der Waals surface area contributed by atoms with Crippen LogP contribution in [0.2, 0.25) is 0 Å². The molecule has 0 aliphatic carbocycles. The SMILES string of the molecule is Cc1nc(-c2cccc(OC(F)(F)F)c2)n(C)c1C(=O)N1CCC(N2CCCC2)CC1. The minimum absolute atomic E-state index is 0.0821. The van der Waals surface area contributed by atoms with Gasteiger partial charge in [0.25, 0.3) is 5.91 Å². The number of rotatable bonds is 4. The Morgan fingerprint density at radius 3 is 2.45 bits per heavy atom. The van der Waals surface area contributed by atoms with E-state index in [2.05, 4.69) is 14.6 Å². The average Bonchev–Trinajstić information content (AvgIpc) is 3.35. The van der Waals surface area contributed by atoms with Gasteiger partial charge in [-0.25, -0.2) is 4.98 Å². The average molecular weight is 436 g/mol. The molecule has 2 aromatic rings. The highest BCUT2D eigenvalue weighted by molar-refractivity contribution is 5.94. The van der Waals surface area contributed by atoms with Gasteiger partial charge >= 0.3 is 6.36 Å². The number of halogens is 3. The zero-order chi connectivity index (χ0) is 22.2. The first kappa shape index (κ1) is 21.7. The number of nitrogens with zero attached hydrogens (tertiary/aromatic N) is 4. The lowest BCUT2D eigenvalue weighted by Crippen LogP contribution is -2.46. The monoisotopic (exact) mass is 436 g/mol. The fourth-order valence-electron chi connectivity index (χ4n) is 4.71. The summed E-state index contributed by atoms with van der Waals surface area (Å²) in [6.45, 7) is 5.47. The lowest BCUT2D eigenvalue weighted by atomic mass is 10.0. The predicted molar refractivity (Wildman–Crippen MR) is 110 cm³/mol. The molecule has 0 atom stereocenters. The van der Waals surface area contributed by atoms with Gasteiger partial charge < -0.3 is 19.1 Å². The van der Waals surface area contributed by atoms with Crippen LogP contribution in [0.15, 0.2) is 24.3 Å². The Labute approximate surface area is 179 Å². The van der Waals surface area contributed by atoms with Crippen molar-refractivity contribution in [1.29, 1.82) is 0 Å². The Morgan fingerprint density at radius 1 is 1.13 bits per heavy atom. The number of hydrogen-bond acceptors (Lipinski definition) is 4. The third-order valence-corrected chi connectivity index (χ3v) is 6.21. The van der Waals surface area contributed by atoms with Gasteiger partial charge in [0.1, 0.15) is 17.3 Å². The van der Waals surface area contributed by atoms with Crippen LogP contribution in [0.1, 0.15) is 41.9 Å². The van der Waals surface area contributed by atoms with Crippen LogP contribution in [0.5, 0.6) is 5.75 Å². The number of hydrogen-bond donors (Lipinski definition) is 0. The normalized spacial score (nSPS) is 18.5. The Bertz CT molecular complexity index is 943. The number of ether oxygens (including phenoxy) is 1. The summed E-state index contributed by atoms with van der Waals surface area (Å²) in [7, 11) is 1.72. The number of alkyl halides is 3. The lowest BCUT2D eigenvalue weighted by Gasteiger charge is -2.36. The van der Waals surface area contributed by atoms with Gasteiger partial charge in [0.15, 0.2) is 0 Å². The van der Waals surface area contributed by atoms with Crippen LogP contribution in [-0.2, 0) is 7.05 Å². The largest absolute Gasteiger partial charge is 0.573 e. The van der Waals surface area contributed by atoms with E-state index in [1.54, 1.807) is 24.6 Å². The van der Waals surface area contributed by atoms with Gasteiger partial charge in [-0.05, 0) is 57.8 Å². The van der Waals surface area contributed by atoms with Crippen molar-refractivity contribution in [3.63, 3.8) is 0 Å². The second-order valence-electron chi connectivity index (χ2n) is 8.27. The number of amides is 1. The van der Waals surface area contributed by atoms with Crippen molar-refractivity contribution in [1.82, 2.24) is 19.4 Å². The Balaban J connectivity index is 1.51. The predicted octanol–water partition coefficient (Wildman–Crippen LogP) is 3.99. The topological polar surface area (TPSA) is 50.6 Å². The maximum Gasteiger partial charge on any atom is 0.573 e. The van der Waals surface area contributed by atoms with Gasteiger partial charge in [-0.2, -0.15) is 0 Å². The van der Waals surface area contributed by atoms with E-state index in [1.165, 1.54) is 31.0 Å². The van der Waals surface area contributed by atoms with Crippen LogP contribution in [0.3, 0.4) is 0 Å². The smallest absolute Gasteiger partial charge is 0.406 e. The molecule has 3 heterocycles. The lowest BCUT2D eigenvalue weighted by molar-refractivity contribution is -0.274. The van der Waals surface area contributed by atoms with E-state index in [4.69, 9.17) is 0 Å². The molecule has 0 spiro atoms. The molecule has 0 unspecified atom stereocenters. The van der Waals surface area contributed by atoms with E-state index in [0.29, 0.717) is 41.9 Å². The van der Waals surface area contributed by atoms with Gasteiger partial charge in [-0.3, -0.25) is 4.79 Å². The van der Waals surface area contributed by atoms with Crippen LogP contribution < -0.4 is 4.74 Å². The Morgan fingerprint density at radius 2 is 1.81 bits per heavy atom. The van der Waals surface area contributed by atoms with Crippen LogP contribution >= 0.6 is 0 Å². The van der Waals surface area contributed by atoms with E-state index < -0.39 is 6.36 Å². The molecular weight excluding hydrogens is 409 g/mol. The van der Waals surface area contributed by atoms with Crippen molar-refractivity contribution in [2.24, 2.45) is 7.05 Å². The highest BCUT2D eigenvalue weighted by Crippen LogP contribution is 2.29. The summed E-state index contributed by atoms with van der Waals surface area (Å²) in [6.07, 6.45) is -0.326. The molecule has 1 aromatic heterocycles. The number of imidazole rings is 1. The number of aryl methyl sites for hydroxylation is 1. The number of carbonyl (C=O) groups excluding carboxylic acids is 1. The zero-order valence-electron chi connectivity index (χ0n) is 17.8. The fourth-order valence-corrected chi connectivity index (χ4v) is 4.71. The summed E-state index contributed by atoms with van der Waals surface area (Å²) in [5.74, 6) is 0.0317. The van der Waals surface area contributed by atoms with Crippen molar-refractivity contribution in [2.75, 3.05) is 26.2 Å². The summed E-state index contributed by atoms with van der Waals surface area (Å²) in [4.78, 5) is 22.1. The van der Waals surface area contributed by atoms with Gasteiger partial charge in [0.05, 0.1) is 5.69 Å². The number of piperidine rings is 1. The molecule has 0 saturated carbocycles. The van der Waals surface area contributed by atoms with Crippen molar-refractivity contribution in [3.8, 4) is 17.1 Å². The molecule has 2 aliphatic rings. The number of benzene rings is 1. The Kier molecular flexibility index (Phi) is 5.96. The summed E-state index contributed by atoms with van der Waals surface area (Å²) in [5.41, 5.74) is 1.49.